The number of ether oxygens (including phenoxy) is 2. The monoisotopic (exact) mass is 243 g/mol. The largest absolute Gasteiger partial charge is 0.419 e. The lowest BCUT2D eigenvalue weighted by molar-refractivity contribution is -0.222. The second-order valence-corrected chi connectivity index (χ2v) is 4.92. The first-order valence-corrected chi connectivity index (χ1v) is 5.22. The predicted octanol–water partition coefficient (Wildman–Crippen LogP) is 0.0669. The molecular weight excluding hydrogens is 226 g/mol. The average molecular weight is 243 g/mol. The number of nitrogens with one attached hydrogen (secondary N) is 1. The molecule has 0 radical (unpaired) electrons. The SMILES string of the molecule is CC(C)(CO)NC=C1C(=O)OC(C)(C)OC1=O. The van der Waals surface area contributed by atoms with Gasteiger partial charge >= 0.3 is 11.9 Å². The lowest BCUT2D eigenvalue weighted by Gasteiger charge is -2.30. The van der Waals surface area contributed by atoms with E-state index in [0.29, 0.717) is 0 Å². The van der Waals surface area contributed by atoms with E-state index in [1.54, 1.807) is 13.8 Å². The maximum Gasteiger partial charge on any atom is 0.350 e. The van der Waals surface area contributed by atoms with Gasteiger partial charge in [0.1, 0.15) is 0 Å². The molecular formula is C11H17NO5. The van der Waals surface area contributed by atoms with Crippen LogP contribution in [0.2, 0.25) is 0 Å². The number of carbonyl (C=O) groups excluding carboxylic acids is 2. The Morgan fingerprint density at radius 3 is 2.18 bits per heavy atom. The topological polar surface area (TPSA) is 84.9 Å². The number of aliphatic hydroxyl groups is 1. The van der Waals surface area contributed by atoms with E-state index in [9.17, 15) is 9.59 Å². The normalized spacial score (nSPS) is 19.5. The number of carbonyl (C=O) groups is 2. The third-order valence-corrected chi connectivity index (χ3v) is 2.12. The minimum absolute atomic E-state index is 0.146. The van der Waals surface area contributed by atoms with Gasteiger partial charge in [0.05, 0.1) is 12.1 Å². The second kappa shape index (κ2) is 4.37. The van der Waals surface area contributed by atoms with Crippen LogP contribution < -0.4 is 5.32 Å². The maximum atomic E-state index is 11.5. The highest BCUT2D eigenvalue weighted by Crippen LogP contribution is 2.22. The number of hydrogen-bond acceptors (Lipinski definition) is 6. The fraction of sp³-hybridized carbons (Fsp3) is 0.636. The Labute approximate surface area is 99.6 Å². The molecule has 6 nitrogen and oxygen atoms in total. The van der Waals surface area contributed by atoms with Crippen molar-refractivity contribution in [2.75, 3.05) is 6.61 Å². The van der Waals surface area contributed by atoms with Crippen LogP contribution in [0.4, 0.5) is 0 Å². The van der Waals surface area contributed by atoms with Crippen LogP contribution in [0.25, 0.3) is 0 Å². The van der Waals surface area contributed by atoms with Gasteiger partial charge in [-0.15, -0.1) is 0 Å². The summed E-state index contributed by atoms with van der Waals surface area (Å²) in [5.41, 5.74) is -0.855. The summed E-state index contributed by atoms with van der Waals surface area (Å²) in [4.78, 5) is 23.1. The fourth-order valence-electron chi connectivity index (χ4n) is 1.09. The molecule has 0 bridgehead atoms. The molecule has 17 heavy (non-hydrogen) atoms. The van der Waals surface area contributed by atoms with Crippen molar-refractivity contribution in [3.05, 3.63) is 11.8 Å². The van der Waals surface area contributed by atoms with Gasteiger partial charge < -0.3 is 19.9 Å². The van der Waals surface area contributed by atoms with Crippen molar-refractivity contribution in [3.63, 3.8) is 0 Å². The van der Waals surface area contributed by atoms with Crippen molar-refractivity contribution < 1.29 is 24.2 Å². The van der Waals surface area contributed by atoms with E-state index in [1.165, 1.54) is 20.0 Å². The molecule has 1 rings (SSSR count). The average Bonchev–Trinajstić information content (AvgIpc) is 2.14. The van der Waals surface area contributed by atoms with E-state index in [-0.39, 0.29) is 12.2 Å². The van der Waals surface area contributed by atoms with E-state index in [1.807, 2.05) is 0 Å². The summed E-state index contributed by atoms with van der Waals surface area (Å²) in [6.45, 7) is 6.24. The fourth-order valence-corrected chi connectivity index (χ4v) is 1.09. The van der Waals surface area contributed by atoms with Gasteiger partial charge in [0.15, 0.2) is 5.57 Å². The molecule has 0 atom stereocenters. The quantitative estimate of drug-likeness (QED) is 0.414. The van der Waals surface area contributed by atoms with Crippen LogP contribution in [0.3, 0.4) is 0 Å². The minimum Gasteiger partial charge on any atom is -0.419 e. The molecule has 1 aliphatic heterocycles. The Kier molecular flexibility index (Phi) is 3.47. The molecule has 0 spiro atoms. The molecule has 1 aliphatic rings. The van der Waals surface area contributed by atoms with Crippen molar-refractivity contribution in [3.8, 4) is 0 Å². The van der Waals surface area contributed by atoms with E-state index in [4.69, 9.17) is 14.6 Å². The molecule has 1 saturated heterocycles. The summed E-state index contributed by atoms with van der Waals surface area (Å²) in [6, 6.07) is 0. The smallest absolute Gasteiger partial charge is 0.350 e. The molecule has 96 valence electrons. The Bertz CT molecular complexity index is 348. The molecule has 0 aromatic heterocycles. The van der Waals surface area contributed by atoms with E-state index >= 15 is 0 Å². The Morgan fingerprint density at radius 2 is 1.76 bits per heavy atom. The molecule has 0 aliphatic carbocycles. The summed E-state index contributed by atoms with van der Waals surface area (Å²) in [7, 11) is 0. The van der Waals surface area contributed by atoms with Gasteiger partial charge in [-0.3, -0.25) is 0 Å². The standard InChI is InChI=1S/C11H17NO5/c1-10(2,6-13)12-5-7-8(14)16-11(3,4)17-9(7)15/h5,12-13H,6H2,1-4H3. The number of hydrogen-bond donors (Lipinski definition) is 2. The first-order valence-electron chi connectivity index (χ1n) is 5.22. The van der Waals surface area contributed by atoms with Gasteiger partial charge in [0, 0.05) is 20.0 Å². The maximum absolute atomic E-state index is 11.5. The summed E-state index contributed by atoms with van der Waals surface area (Å²) in [5, 5.41) is 11.8. The van der Waals surface area contributed by atoms with Crippen molar-refractivity contribution in [2.45, 2.75) is 39.0 Å². The first kappa shape index (κ1) is 13.5. The molecule has 0 aromatic carbocycles. The summed E-state index contributed by atoms with van der Waals surface area (Å²) in [6.07, 6.45) is 1.20. The minimum atomic E-state index is -1.24. The van der Waals surface area contributed by atoms with Crippen LogP contribution in [0.1, 0.15) is 27.7 Å². The Hall–Kier alpha value is -1.56. The highest BCUT2D eigenvalue weighted by Gasteiger charge is 2.39. The number of aliphatic hydroxyl groups excluding tert-OH is 1. The predicted molar refractivity (Wildman–Crippen MR) is 58.6 cm³/mol. The molecule has 0 saturated carbocycles. The molecule has 0 aromatic rings. The zero-order valence-electron chi connectivity index (χ0n) is 10.4. The summed E-state index contributed by atoms with van der Waals surface area (Å²) in [5.74, 6) is -2.72. The van der Waals surface area contributed by atoms with Gasteiger partial charge in [-0.2, -0.15) is 0 Å². The van der Waals surface area contributed by atoms with Crippen molar-refractivity contribution >= 4 is 11.9 Å². The van der Waals surface area contributed by atoms with Crippen LogP contribution in [0, 0.1) is 0 Å². The third-order valence-electron chi connectivity index (χ3n) is 2.12. The summed E-state index contributed by atoms with van der Waals surface area (Å²) < 4.78 is 9.81. The molecule has 1 fully saturated rings. The van der Waals surface area contributed by atoms with Crippen molar-refractivity contribution in [1.82, 2.24) is 5.32 Å². The molecule has 6 heteroatoms. The van der Waals surface area contributed by atoms with E-state index < -0.39 is 23.3 Å². The van der Waals surface area contributed by atoms with Crippen LogP contribution in [-0.2, 0) is 19.1 Å². The van der Waals surface area contributed by atoms with Crippen LogP contribution in [0.15, 0.2) is 11.8 Å². The Morgan fingerprint density at radius 1 is 1.29 bits per heavy atom. The zero-order chi connectivity index (χ0) is 13.3. The van der Waals surface area contributed by atoms with Crippen molar-refractivity contribution in [2.24, 2.45) is 0 Å². The number of rotatable bonds is 3. The van der Waals surface area contributed by atoms with Gasteiger partial charge in [0.25, 0.3) is 5.79 Å². The van der Waals surface area contributed by atoms with Gasteiger partial charge in [-0.1, -0.05) is 0 Å². The highest BCUT2D eigenvalue weighted by atomic mass is 16.7. The van der Waals surface area contributed by atoms with Crippen LogP contribution >= 0.6 is 0 Å². The molecule has 2 N–H and O–H groups in total. The number of cyclic esters (lactones) is 2. The lowest BCUT2D eigenvalue weighted by atomic mass is 10.1. The molecule has 0 unspecified atom stereocenters. The second-order valence-electron chi connectivity index (χ2n) is 4.92. The van der Waals surface area contributed by atoms with Gasteiger partial charge in [-0.25, -0.2) is 9.59 Å². The zero-order valence-corrected chi connectivity index (χ0v) is 10.4. The van der Waals surface area contributed by atoms with E-state index in [0.717, 1.165) is 0 Å². The summed E-state index contributed by atoms with van der Waals surface area (Å²) >= 11 is 0. The van der Waals surface area contributed by atoms with Gasteiger partial charge in [0.2, 0.25) is 0 Å². The van der Waals surface area contributed by atoms with E-state index in [2.05, 4.69) is 5.32 Å². The molecule has 1 heterocycles. The molecule has 0 amide bonds. The third kappa shape index (κ3) is 3.45. The first-order chi connectivity index (χ1) is 7.67. The van der Waals surface area contributed by atoms with Crippen molar-refractivity contribution in [1.29, 1.82) is 0 Å². The van der Waals surface area contributed by atoms with Crippen LogP contribution in [-0.4, -0.2) is 35.0 Å². The number of esters is 2. The van der Waals surface area contributed by atoms with Crippen LogP contribution in [0.5, 0.6) is 0 Å². The lowest BCUT2D eigenvalue weighted by Crippen LogP contribution is -2.44. The Balaban J connectivity index is 2.82. The highest BCUT2D eigenvalue weighted by molar-refractivity contribution is 6.15. The van der Waals surface area contributed by atoms with Gasteiger partial charge in [-0.05, 0) is 13.8 Å².